The third kappa shape index (κ3) is 1.75. The molecule has 0 saturated heterocycles. The molecule has 2 aromatic carbocycles. The number of aryl methyl sites for hydroxylation is 1. The zero-order valence-corrected chi connectivity index (χ0v) is 10.5. The zero-order valence-electron chi connectivity index (χ0n) is 9.64. The van der Waals surface area contributed by atoms with Gasteiger partial charge < -0.3 is 5.11 Å². The maximum Gasteiger partial charge on any atom is 0.128 e. The van der Waals surface area contributed by atoms with Crippen molar-refractivity contribution in [2.75, 3.05) is 0 Å². The second-order valence-corrected chi connectivity index (χ2v) is 5.13. The highest BCUT2D eigenvalue weighted by atomic mass is 32.1. The number of rotatable bonds is 1. The van der Waals surface area contributed by atoms with Gasteiger partial charge >= 0.3 is 0 Å². The van der Waals surface area contributed by atoms with E-state index < -0.39 is 0 Å². The number of hydrogen-bond acceptors (Lipinski definition) is 3. The topological polar surface area (TPSA) is 33.1 Å². The summed E-state index contributed by atoms with van der Waals surface area (Å²) in [6, 6.07) is 9.81. The minimum atomic E-state index is -0.376. The van der Waals surface area contributed by atoms with E-state index in [2.05, 4.69) is 4.98 Å². The second-order valence-electron chi connectivity index (χ2n) is 4.10. The maximum atomic E-state index is 13.2. The van der Waals surface area contributed by atoms with Crippen molar-refractivity contribution < 1.29 is 9.50 Å². The van der Waals surface area contributed by atoms with Crippen molar-refractivity contribution in [3.05, 3.63) is 47.8 Å². The Morgan fingerprint density at radius 2 is 2.06 bits per heavy atom. The molecule has 0 bridgehead atoms. The van der Waals surface area contributed by atoms with Crippen LogP contribution in [0.4, 0.5) is 4.39 Å². The molecule has 3 rings (SSSR count). The van der Waals surface area contributed by atoms with Gasteiger partial charge in [0.1, 0.15) is 16.6 Å². The van der Waals surface area contributed by atoms with E-state index in [1.165, 1.54) is 29.5 Å². The van der Waals surface area contributed by atoms with E-state index >= 15 is 0 Å². The Labute approximate surface area is 107 Å². The number of nitrogens with zero attached hydrogens (tertiary/aromatic N) is 1. The predicted molar refractivity (Wildman–Crippen MR) is 71.4 cm³/mol. The number of thiazole rings is 1. The Bertz CT molecular complexity index is 736. The quantitative estimate of drug-likeness (QED) is 0.713. The SMILES string of the molecule is Cc1cccc2sc(-c3cc(F)ccc3O)nc12. The fourth-order valence-corrected chi connectivity index (χ4v) is 2.95. The molecule has 0 fully saturated rings. The maximum absolute atomic E-state index is 13.2. The number of aromatic hydroxyl groups is 1. The molecule has 18 heavy (non-hydrogen) atoms. The Balaban J connectivity index is 2.26. The van der Waals surface area contributed by atoms with Gasteiger partial charge in [0.05, 0.1) is 15.8 Å². The van der Waals surface area contributed by atoms with Gasteiger partial charge in [-0.1, -0.05) is 12.1 Å². The molecule has 0 radical (unpaired) electrons. The van der Waals surface area contributed by atoms with Crippen LogP contribution in [0.1, 0.15) is 5.56 Å². The van der Waals surface area contributed by atoms with Crippen LogP contribution in [0, 0.1) is 12.7 Å². The van der Waals surface area contributed by atoms with E-state index in [4.69, 9.17) is 0 Å². The van der Waals surface area contributed by atoms with Gasteiger partial charge in [-0.2, -0.15) is 0 Å². The third-order valence-electron chi connectivity index (χ3n) is 2.81. The number of fused-ring (bicyclic) bond motifs is 1. The van der Waals surface area contributed by atoms with Crippen LogP contribution in [0.25, 0.3) is 20.8 Å². The van der Waals surface area contributed by atoms with Crippen LogP contribution < -0.4 is 0 Å². The molecule has 1 aromatic heterocycles. The standard InChI is InChI=1S/C14H10FNOS/c1-8-3-2-4-12-13(8)16-14(18-12)10-7-9(15)5-6-11(10)17/h2-7,17H,1H3. The molecule has 1 heterocycles. The summed E-state index contributed by atoms with van der Waals surface area (Å²) in [4.78, 5) is 4.48. The van der Waals surface area contributed by atoms with E-state index in [0.29, 0.717) is 10.6 Å². The zero-order chi connectivity index (χ0) is 12.7. The Hall–Kier alpha value is -1.94. The van der Waals surface area contributed by atoms with E-state index in [-0.39, 0.29) is 11.6 Å². The first kappa shape index (κ1) is 11.2. The fraction of sp³-hybridized carbons (Fsp3) is 0.0714. The number of para-hydroxylation sites is 1. The highest BCUT2D eigenvalue weighted by molar-refractivity contribution is 7.21. The molecule has 0 saturated carbocycles. The van der Waals surface area contributed by atoms with Crippen LogP contribution in [0.2, 0.25) is 0 Å². The minimum Gasteiger partial charge on any atom is -0.507 e. The van der Waals surface area contributed by atoms with Crippen molar-refractivity contribution in [3.63, 3.8) is 0 Å². The Kier molecular flexibility index (Phi) is 2.52. The summed E-state index contributed by atoms with van der Waals surface area (Å²) < 4.78 is 14.3. The monoisotopic (exact) mass is 259 g/mol. The number of halogens is 1. The number of hydrogen-bond donors (Lipinski definition) is 1. The van der Waals surface area contributed by atoms with Crippen LogP contribution in [0.5, 0.6) is 5.75 Å². The van der Waals surface area contributed by atoms with Crippen molar-refractivity contribution in [2.45, 2.75) is 6.92 Å². The first-order valence-electron chi connectivity index (χ1n) is 5.50. The molecule has 2 nitrogen and oxygen atoms in total. The highest BCUT2D eigenvalue weighted by Gasteiger charge is 2.12. The molecule has 1 N–H and O–H groups in total. The molecular weight excluding hydrogens is 249 g/mol. The summed E-state index contributed by atoms with van der Waals surface area (Å²) >= 11 is 1.45. The average molecular weight is 259 g/mol. The lowest BCUT2D eigenvalue weighted by molar-refractivity contribution is 0.475. The fourth-order valence-electron chi connectivity index (χ4n) is 1.88. The lowest BCUT2D eigenvalue weighted by atomic mass is 10.2. The van der Waals surface area contributed by atoms with Gasteiger partial charge in [-0.05, 0) is 36.8 Å². The normalized spacial score (nSPS) is 11.0. The van der Waals surface area contributed by atoms with Crippen LogP contribution in [-0.4, -0.2) is 10.1 Å². The van der Waals surface area contributed by atoms with Gasteiger partial charge in [0.25, 0.3) is 0 Å². The summed E-state index contributed by atoms with van der Waals surface area (Å²) in [6.07, 6.45) is 0. The van der Waals surface area contributed by atoms with Gasteiger partial charge in [-0.25, -0.2) is 9.37 Å². The summed E-state index contributed by atoms with van der Waals surface area (Å²) in [5.41, 5.74) is 2.42. The highest BCUT2D eigenvalue weighted by Crippen LogP contribution is 2.36. The third-order valence-corrected chi connectivity index (χ3v) is 3.86. The lowest BCUT2D eigenvalue weighted by Gasteiger charge is -1.99. The molecule has 4 heteroatoms. The molecule has 0 amide bonds. The summed E-state index contributed by atoms with van der Waals surface area (Å²) in [7, 11) is 0. The molecule has 90 valence electrons. The molecule has 0 unspecified atom stereocenters. The van der Waals surface area contributed by atoms with Gasteiger partial charge in [0.2, 0.25) is 0 Å². The molecule has 3 aromatic rings. The molecule has 0 atom stereocenters. The van der Waals surface area contributed by atoms with Gasteiger partial charge in [-0.15, -0.1) is 11.3 Å². The largest absolute Gasteiger partial charge is 0.507 e. The summed E-state index contributed by atoms with van der Waals surface area (Å²) in [5.74, 6) is -0.327. The van der Waals surface area contributed by atoms with Gasteiger partial charge in [0.15, 0.2) is 0 Å². The number of phenolic OH excluding ortho intramolecular Hbond substituents is 1. The summed E-state index contributed by atoms with van der Waals surface area (Å²) in [6.45, 7) is 1.98. The molecule has 0 spiro atoms. The Morgan fingerprint density at radius 3 is 2.83 bits per heavy atom. The first-order chi connectivity index (χ1) is 8.65. The molecule has 0 aliphatic heterocycles. The smallest absolute Gasteiger partial charge is 0.128 e. The van der Waals surface area contributed by atoms with Crippen molar-refractivity contribution in [1.29, 1.82) is 0 Å². The van der Waals surface area contributed by atoms with Crippen molar-refractivity contribution in [2.24, 2.45) is 0 Å². The number of aromatic nitrogens is 1. The van der Waals surface area contributed by atoms with E-state index in [9.17, 15) is 9.50 Å². The van der Waals surface area contributed by atoms with Crippen molar-refractivity contribution in [1.82, 2.24) is 4.98 Å². The van der Waals surface area contributed by atoms with E-state index in [1.54, 1.807) is 0 Å². The van der Waals surface area contributed by atoms with Gasteiger partial charge in [-0.3, -0.25) is 0 Å². The van der Waals surface area contributed by atoms with Crippen molar-refractivity contribution in [3.8, 4) is 16.3 Å². The van der Waals surface area contributed by atoms with E-state index in [1.807, 2.05) is 25.1 Å². The molecular formula is C14H10FNOS. The number of benzene rings is 2. The first-order valence-corrected chi connectivity index (χ1v) is 6.32. The van der Waals surface area contributed by atoms with Crippen LogP contribution in [-0.2, 0) is 0 Å². The van der Waals surface area contributed by atoms with Crippen LogP contribution >= 0.6 is 11.3 Å². The van der Waals surface area contributed by atoms with E-state index in [0.717, 1.165) is 15.8 Å². The van der Waals surface area contributed by atoms with Crippen molar-refractivity contribution >= 4 is 21.6 Å². The minimum absolute atomic E-state index is 0.0492. The second kappa shape index (κ2) is 4.07. The average Bonchev–Trinajstić information content (AvgIpc) is 2.77. The molecule has 0 aliphatic rings. The summed E-state index contributed by atoms with van der Waals surface area (Å²) in [5, 5.41) is 10.4. The Morgan fingerprint density at radius 1 is 1.22 bits per heavy atom. The number of phenols is 1. The lowest BCUT2D eigenvalue weighted by Crippen LogP contribution is -1.81. The van der Waals surface area contributed by atoms with Crippen LogP contribution in [0.3, 0.4) is 0 Å². The predicted octanol–water partition coefficient (Wildman–Crippen LogP) is 4.12. The molecule has 0 aliphatic carbocycles. The van der Waals surface area contributed by atoms with Gasteiger partial charge in [0, 0.05) is 0 Å². The van der Waals surface area contributed by atoms with Crippen LogP contribution in [0.15, 0.2) is 36.4 Å².